The fourth-order valence-electron chi connectivity index (χ4n) is 1.12. The zero-order valence-corrected chi connectivity index (χ0v) is 8.64. The Kier molecular flexibility index (Phi) is 3.91. The number of rotatable bonds is 3. The van der Waals surface area contributed by atoms with Gasteiger partial charge < -0.3 is 0 Å². The normalized spacial score (nSPS) is 9.62. The lowest BCUT2D eigenvalue weighted by atomic mass is 10.1. The molecule has 0 aliphatic heterocycles. The molecule has 0 amide bonds. The van der Waals surface area contributed by atoms with Crippen molar-refractivity contribution in [3.8, 4) is 6.07 Å². The maximum absolute atomic E-state index is 12.4. The summed E-state index contributed by atoms with van der Waals surface area (Å²) in [4.78, 5) is 0. The van der Waals surface area contributed by atoms with E-state index in [0.717, 1.165) is 10.0 Å². The van der Waals surface area contributed by atoms with Crippen molar-refractivity contribution in [2.45, 2.75) is 19.5 Å². The van der Waals surface area contributed by atoms with E-state index >= 15 is 0 Å². The molecule has 0 atom stereocenters. The summed E-state index contributed by atoms with van der Waals surface area (Å²) < 4.78 is 13.2. The van der Waals surface area contributed by atoms with Gasteiger partial charge in [-0.2, -0.15) is 5.26 Å². The number of hydrogen-bond acceptors (Lipinski definition) is 1. The van der Waals surface area contributed by atoms with E-state index in [-0.39, 0.29) is 0 Å². The molecule has 1 aromatic rings. The second kappa shape index (κ2) is 4.98. The third-order valence-electron chi connectivity index (χ3n) is 1.81. The Morgan fingerprint density at radius 1 is 1.38 bits per heavy atom. The van der Waals surface area contributed by atoms with E-state index in [1.54, 1.807) is 6.07 Å². The largest absolute Gasteiger partial charge is 0.246 e. The van der Waals surface area contributed by atoms with Crippen molar-refractivity contribution in [1.82, 2.24) is 0 Å². The van der Waals surface area contributed by atoms with Crippen molar-refractivity contribution in [3.05, 3.63) is 33.8 Å². The molecule has 1 rings (SSSR count). The van der Waals surface area contributed by atoms with Gasteiger partial charge in [0.2, 0.25) is 0 Å². The molecule has 0 saturated carbocycles. The molecule has 0 radical (unpaired) electrons. The Hall–Kier alpha value is -0.880. The quantitative estimate of drug-likeness (QED) is 0.797. The van der Waals surface area contributed by atoms with Crippen molar-refractivity contribution in [3.63, 3.8) is 0 Å². The third kappa shape index (κ3) is 2.53. The Morgan fingerprint density at radius 2 is 2.08 bits per heavy atom. The maximum Gasteiger partial charge on any atom is 0.116 e. The van der Waals surface area contributed by atoms with Gasteiger partial charge in [0.05, 0.1) is 6.07 Å². The lowest BCUT2D eigenvalue weighted by Crippen LogP contribution is -1.90. The minimum atomic E-state index is -0.471. The molecule has 0 spiro atoms. The molecule has 1 aromatic carbocycles. The van der Waals surface area contributed by atoms with Crippen LogP contribution in [0.25, 0.3) is 0 Å². The summed E-state index contributed by atoms with van der Waals surface area (Å²) in [5, 5.41) is 8.41. The summed E-state index contributed by atoms with van der Waals surface area (Å²) in [5.41, 5.74) is 1.65. The highest BCUT2D eigenvalue weighted by Gasteiger charge is 2.04. The molecular formula is C10H9BrFN. The molecule has 0 aromatic heterocycles. The SMILES string of the molecule is N#CCCc1cccc(CF)c1Br. The van der Waals surface area contributed by atoms with Crippen molar-refractivity contribution in [2.75, 3.05) is 0 Å². The van der Waals surface area contributed by atoms with E-state index < -0.39 is 6.67 Å². The second-order valence-electron chi connectivity index (χ2n) is 2.68. The van der Waals surface area contributed by atoms with Crippen LogP contribution in [0.1, 0.15) is 17.5 Å². The number of hydrogen-bond donors (Lipinski definition) is 0. The lowest BCUT2D eigenvalue weighted by Gasteiger charge is -2.04. The van der Waals surface area contributed by atoms with Crippen molar-refractivity contribution in [1.29, 1.82) is 5.26 Å². The van der Waals surface area contributed by atoms with Gasteiger partial charge in [0, 0.05) is 10.9 Å². The van der Waals surface area contributed by atoms with E-state index in [0.29, 0.717) is 18.4 Å². The zero-order chi connectivity index (χ0) is 9.68. The number of nitrogens with zero attached hydrogens (tertiary/aromatic N) is 1. The second-order valence-corrected chi connectivity index (χ2v) is 3.47. The minimum Gasteiger partial charge on any atom is -0.246 e. The first-order valence-corrected chi connectivity index (χ1v) is 4.78. The number of halogens is 2. The number of aryl methyl sites for hydroxylation is 1. The average Bonchev–Trinajstić information content (AvgIpc) is 2.16. The summed E-state index contributed by atoms with van der Waals surface area (Å²) in [6, 6.07) is 7.52. The van der Waals surface area contributed by atoms with Crippen molar-refractivity contribution in [2.24, 2.45) is 0 Å². The predicted molar refractivity (Wildman–Crippen MR) is 52.9 cm³/mol. The van der Waals surface area contributed by atoms with Crippen LogP contribution in [0.2, 0.25) is 0 Å². The Labute approximate surface area is 85.3 Å². The molecule has 0 N–H and O–H groups in total. The van der Waals surface area contributed by atoms with Gasteiger partial charge in [-0.3, -0.25) is 0 Å². The molecule has 1 nitrogen and oxygen atoms in total. The Morgan fingerprint density at radius 3 is 2.69 bits per heavy atom. The topological polar surface area (TPSA) is 23.8 Å². The first-order valence-electron chi connectivity index (χ1n) is 3.98. The molecule has 3 heteroatoms. The van der Waals surface area contributed by atoms with E-state index in [9.17, 15) is 4.39 Å². The fourth-order valence-corrected chi connectivity index (χ4v) is 1.69. The van der Waals surface area contributed by atoms with Crippen LogP contribution in [0.3, 0.4) is 0 Å². The van der Waals surface area contributed by atoms with Gasteiger partial charge in [0.1, 0.15) is 6.67 Å². The maximum atomic E-state index is 12.4. The predicted octanol–water partition coefficient (Wildman–Crippen LogP) is 3.37. The summed E-state index contributed by atoms with van der Waals surface area (Å²) in [5.74, 6) is 0. The molecule has 13 heavy (non-hydrogen) atoms. The summed E-state index contributed by atoms with van der Waals surface area (Å²) in [6.07, 6.45) is 1.14. The molecular weight excluding hydrogens is 233 g/mol. The van der Waals surface area contributed by atoms with Crippen LogP contribution in [-0.4, -0.2) is 0 Å². The van der Waals surface area contributed by atoms with Gasteiger partial charge in [0.25, 0.3) is 0 Å². The van der Waals surface area contributed by atoms with E-state index in [4.69, 9.17) is 5.26 Å². The highest BCUT2D eigenvalue weighted by Crippen LogP contribution is 2.23. The Balaban J connectivity index is 2.89. The molecule has 0 unspecified atom stereocenters. The minimum absolute atomic E-state index is 0.467. The van der Waals surface area contributed by atoms with Crippen LogP contribution in [0, 0.1) is 11.3 Å². The van der Waals surface area contributed by atoms with Crippen molar-refractivity contribution < 1.29 is 4.39 Å². The molecule has 68 valence electrons. The van der Waals surface area contributed by atoms with Gasteiger partial charge in [-0.1, -0.05) is 34.1 Å². The molecule has 0 aliphatic rings. The monoisotopic (exact) mass is 241 g/mol. The third-order valence-corrected chi connectivity index (χ3v) is 2.83. The number of alkyl halides is 1. The highest BCUT2D eigenvalue weighted by atomic mass is 79.9. The number of benzene rings is 1. The Bertz CT molecular complexity index is 330. The van der Waals surface area contributed by atoms with Gasteiger partial charge >= 0.3 is 0 Å². The first-order chi connectivity index (χ1) is 6.29. The molecule has 0 fully saturated rings. The van der Waals surface area contributed by atoms with Gasteiger partial charge in [-0.25, -0.2) is 4.39 Å². The van der Waals surface area contributed by atoms with Crippen LogP contribution < -0.4 is 0 Å². The smallest absolute Gasteiger partial charge is 0.116 e. The van der Waals surface area contributed by atoms with Crippen LogP contribution in [0.15, 0.2) is 22.7 Å². The van der Waals surface area contributed by atoms with Crippen LogP contribution in [-0.2, 0) is 13.1 Å². The van der Waals surface area contributed by atoms with E-state index in [1.807, 2.05) is 12.1 Å². The van der Waals surface area contributed by atoms with Crippen LogP contribution >= 0.6 is 15.9 Å². The van der Waals surface area contributed by atoms with Gasteiger partial charge in [0.15, 0.2) is 0 Å². The van der Waals surface area contributed by atoms with Gasteiger partial charge in [-0.05, 0) is 17.5 Å². The first kappa shape index (κ1) is 10.2. The van der Waals surface area contributed by atoms with E-state index in [1.165, 1.54) is 0 Å². The molecule has 0 saturated heterocycles. The van der Waals surface area contributed by atoms with Gasteiger partial charge in [-0.15, -0.1) is 0 Å². The van der Waals surface area contributed by atoms with Crippen molar-refractivity contribution >= 4 is 15.9 Å². The average molecular weight is 242 g/mol. The molecule has 0 bridgehead atoms. The van der Waals surface area contributed by atoms with E-state index in [2.05, 4.69) is 22.0 Å². The summed E-state index contributed by atoms with van der Waals surface area (Å²) in [6.45, 7) is -0.471. The fraction of sp³-hybridized carbons (Fsp3) is 0.300. The highest BCUT2D eigenvalue weighted by molar-refractivity contribution is 9.10. The van der Waals surface area contributed by atoms with Crippen LogP contribution in [0.5, 0.6) is 0 Å². The molecule has 0 heterocycles. The summed E-state index contributed by atoms with van der Waals surface area (Å²) in [7, 11) is 0. The summed E-state index contributed by atoms with van der Waals surface area (Å²) >= 11 is 3.32. The van der Waals surface area contributed by atoms with Crippen LogP contribution in [0.4, 0.5) is 4.39 Å². The zero-order valence-electron chi connectivity index (χ0n) is 7.06. The molecule has 0 aliphatic carbocycles. The standard InChI is InChI=1S/C10H9BrFN/c11-10-8(5-2-6-13)3-1-4-9(10)7-12/h1,3-4H,2,5,7H2. The number of nitriles is 1. The lowest BCUT2D eigenvalue weighted by molar-refractivity contribution is 0.483.